The molecule has 33 heavy (non-hydrogen) atoms. The van der Waals surface area contributed by atoms with Crippen LogP contribution < -0.4 is 0 Å². The van der Waals surface area contributed by atoms with E-state index < -0.39 is 0 Å². The predicted molar refractivity (Wildman–Crippen MR) is 142 cm³/mol. The third-order valence-corrected chi connectivity index (χ3v) is 5.45. The molecule has 0 aliphatic heterocycles. The Morgan fingerprint density at radius 3 is 1.21 bits per heavy atom. The molecule has 6 rings (SSSR count). The van der Waals surface area contributed by atoms with Gasteiger partial charge in [-0.3, -0.25) is 0 Å². The van der Waals surface area contributed by atoms with Crippen molar-refractivity contribution in [3.63, 3.8) is 0 Å². The van der Waals surface area contributed by atoms with E-state index >= 15 is 0 Å². The van der Waals surface area contributed by atoms with Crippen molar-refractivity contribution in [1.29, 1.82) is 0 Å². The van der Waals surface area contributed by atoms with Gasteiger partial charge in [-0.1, -0.05) is 108 Å². The molecule has 1 heteroatoms. The monoisotopic (exact) mass is 500 g/mol. The smallest absolute Gasteiger partial charge is 0.0635 e. The SMILES string of the molecule is C[CH]=[Zr+2].c1ccc(-c2cc3ccccc3[cH-]2)cc1.c1ccc(-c2cc3ccccc3[cH-]2)cc1. The van der Waals surface area contributed by atoms with E-state index in [1.165, 1.54) is 68.0 Å². The Balaban J connectivity index is 0.000000141. The van der Waals surface area contributed by atoms with E-state index in [1.54, 1.807) is 0 Å². The summed E-state index contributed by atoms with van der Waals surface area (Å²) < 4.78 is 2.09. The summed E-state index contributed by atoms with van der Waals surface area (Å²) in [6.07, 6.45) is 0. The Kier molecular flexibility index (Phi) is 8.12. The molecule has 0 bridgehead atoms. The van der Waals surface area contributed by atoms with E-state index in [-0.39, 0.29) is 0 Å². The summed E-state index contributed by atoms with van der Waals surface area (Å²) in [6, 6.07) is 46.9. The third kappa shape index (κ3) is 6.01. The molecule has 158 valence electrons. The largest absolute Gasteiger partial charge is 0.145 e. The summed E-state index contributed by atoms with van der Waals surface area (Å²) in [5.74, 6) is 0. The van der Waals surface area contributed by atoms with Gasteiger partial charge < -0.3 is 0 Å². The topological polar surface area (TPSA) is 0 Å². The summed E-state index contributed by atoms with van der Waals surface area (Å²) in [5, 5.41) is 5.26. The fourth-order valence-corrected chi connectivity index (χ4v) is 3.90. The van der Waals surface area contributed by atoms with Crippen molar-refractivity contribution in [3.8, 4) is 22.3 Å². The van der Waals surface area contributed by atoms with Crippen molar-refractivity contribution in [2.45, 2.75) is 6.92 Å². The molecule has 0 aliphatic carbocycles. The van der Waals surface area contributed by atoms with E-state index in [1.807, 2.05) is 19.1 Å². The maximum atomic E-state index is 2.24. The van der Waals surface area contributed by atoms with Crippen molar-refractivity contribution < 1.29 is 24.2 Å². The van der Waals surface area contributed by atoms with E-state index in [2.05, 4.69) is 125 Å². The quantitative estimate of drug-likeness (QED) is 0.208. The van der Waals surface area contributed by atoms with Gasteiger partial charge in [-0.15, -0.1) is 69.1 Å². The standard InChI is InChI=1S/2C15H11.C2H4.Zr/c2*1-2-6-12(7-3-1)15-10-13-8-4-5-9-14(13)11-15;1-2;/h2*1-11H;1H,2H3;/q2*-1;;+2. The van der Waals surface area contributed by atoms with Gasteiger partial charge in [-0.05, 0) is 0 Å². The zero-order valence-electron chi connectivity index (χ0n) is 18.8. The van der Waals surface area contributed by atoms with Gasteiger partial charge in [-0.2, -0.15) is 0 Å². The number of hydrogen-bond acceptors (Lipinski definition) is 0. The Morgan fingerprint density at radius 2 is 0.848 bits per heavy atom. The molecular weight excluding hydrogens is 476 g/mol. The fraction of sp³-hybridized carbons (Fsp3) is 0.0312. The minimum atomic E-state index is 1.29. The van der Waals surface area contributed by atoms with Crippen LogP contribution in [-0.2, 0) is 24.2 Å². The maximum absolute atomic E-state index is 2.24. The first-order chi connectivity index (χ1) is 16.3. The minimum absolute atomic E-state index is 1.29. The Bertz CT molecular complexity index is 1240. The molecule has 0 radical (unpaired) electrons. The van der Waals surface area contributed by atoms with Crippen LogP contribution in [0, 0.1) is 0 Å². The van der Waals surface area contributed by atoms with Gasteiger partial charge in [0.25, 0.3) is 0 Å². The molecule has 0 atom stereocenters. The second-order valence-electron chi connectivity index (χ2n) is 7.77. The number of benzene rings is 4. The molecule has 0 saturated carbocycles. The minimum Gasteiger partial charge on any atom is -0.145 e. The first-order valence-corrected chi connectivity index (χ1v) is 12.6. The summed E-state index contributed by atoms with van der Waals surface area (Å²) in [4.78, 5) is 0. The first kappa shape index (κ1) is 23.0. The molecule has 0 heterocycles. The van der Waals surface area contributed by atoms with Crippen LogP contribution in [0.4, 0.5) is 0 Å². The molecular formula is C32H26Zr. The molecule has 0 aromatic heterocycles. The van der Waals surface area contributed by atoms with Crippen LogP contribution in [0.25, 0.3) is 43.8 Å². The Morgan fingerprint density at radius 1 is 0.515 bits per heavy atom. The van der Waals surface area contributed by atoms with Crippen molar-refractivity contribution in [2.75, 3.05) is 0 Å². The zero-order valence-corrected chi connectivity index (χ0v) is 21.2. The summed E-state index contributed by atoms with van der Waals surface area (Å²) in [7, 11) is 0. The molecule has 0 aliphatic rings. The van der Waals surface area contributed by atoms with Gasteiger partial charge in [0.15, 0.2) is 0 Å². The number of fused-ring (bicyclic) bond motifs is 2. The van der Waals surface area contributed by atoms with Gasteiger partial charge in [0.05, 0.1) is 0 Å². The summed E-state index contributed by atoms with van der Waals surface area (Å²) >= 11 is 1.51. The normalized spacial score (nSPS) is 10.2. The Hall–Kier alpha value is -3.15. The molecule has 0 fully saturated rings. The van der Waals surface area contributed by atoms with Gasteiger partial charge >= 0.3 is 34.9 Å². The van der Waals surface area contributed by atoms with Crippen LogP contribution in [0.2, 0.25) is 0 Å². The van der Waals surface area contributed by atoms with Crippen LogP contribution in [0.3, 0.4) is 0 Å². The second kappa shape index (κ2) is 11.6. The molecule has 0 nitrogen and oxygen atoms in total. The van der Waals surface area contributed by atoms with Crippen molar-refractivity contribution >= 4 is 25.3 Å². The van der Waals surface area contributed by atoms with Gasteiger partial charge in [0, 0.05) is 0 Å². The molecule has 0 unspecified atom stereocenters. The van der Waals surface area contributed by atoms with E-state index in [0.717, 1.165) is 0 Å². The van der Waals surface area contributed by atoms with Gasteiger partial charge in [0.2, 0.25) is 0 Å². The second-order valence-corrected chi connectivity index (χ2v) is 9.19. The third-order valence-electron chi connectivity index (χ3n) is 5.45. The van der Waals surface area contributed by atoms with E-state index in [0.29, 0.717) is 0 Å². The first-order valence-electron chi connectivity index (χ1n) is 11.2. The maximum Gasteiger partial charge on any atom is -0.0635 e. The summed E-state index contributed by atoms with van der Waals surface area (Å²) in [6.45, 7) is 2.04. The van der Waals surface area contributed by atoms with E-state index in [9.17, 15) is 0 Å². The zero-order chi connectivity index (χ0) is 22.9. The Labute approximate surface area is 211 Å². The van der Waals surface area contributed by atoms with Crippen LogP contribution in [0.5, 0.6) is 0 Å². The summed E-state index contributed by atoms with van der Waals surface area (Å²) in [5.41, 5.74) is 5.18. The molecule has 0 spiro atoms. The average molecular weight is 502 g/mol. The number of rotatable bonds is 2. The van der Waals surface area contributed by atoms with E-state index in [4.69, 9.17) is 0 Å². The predicted octanol–water partition coefficient (Wildman–Crippen LogP) is 8.81. The fourth-order valence-electron chi connectivity index (χ4n) is 3.90. The van der Waals surface area contributed by atoms with Crippen molar-refractivity contribution in [1.82, 2.24) is 0 Å². The van der Waals surface area contributed by atoms with Gasteiger partial charge in [-0.25, -0.2) is 0 Å². The number of hydrogen-bond donors (Lipinski definition) is 0. The molecule has 0 amide bonds. The van der Waals surface area contributed by atoms with Crippen molar-refractivity contribution in [3.05, 3.63) is 133 Å². The van der Waals surface area contributed by atoms with Crippen molar-refractivity contribution in [2.24, 2.45) is 0 Å². The molecule has 6 aromatic rings. The van der Waals surface area contributed by atoms with Crippen LogP contribution in [-0.4, -0.2) is 3.71 Å². The van der Waals surface area contributed by atoms with Gasteiger partial charge in [0.1, 0.15) is 0 Å². The van der Waals surface area contributed by atoms with Crippen LogP contribution in [0.15, 0.2) is 133 Å². The molecule has 6 aromatic carbocycles. The molecule has 0 N–H and O–H groups in total. The van der Waals surface area contributed by atoms with Crippen LogP contribution in [0.1, 0.15) is 6.92 Å². The molecule has 0 saturated heterocycles. The average Bonchev–Trinajstić information content (AvgIpc) is 3.51. The van der Waals surface area contributed by atoms with Crippen LogP contribution >= 0.6 is 0 Å².